The van der Waals surface area contributed by atoms with E-state index in [0.29, 0.717) is 32.4 Å². The number of alkyl halides is 10. The Morgan fingerprint density at radius 3 is 2.07 bits per heavy atom. The number of likely N-dealkylation sites (tertiary alicyclic amines) is 1. The van der Waals surface area contributed by atoms with Crippen molar-refractivity contribution in [3.05, 3.63) is 48.6 Å². The van der Waals surface area contributed by atoms with Crippen LogP contribution in [0, 0.1) is 11.3 Å². The van der Waals surface area contributed by atoms with Crippen molar-refractivity contribution in [3.8, 4) is 23.2 Å². The fourth-order valence-electron chi connectivity index (χ4n) is 5.88. The number of carboxylic acids is 2. The Hall–Kier alpha value is -5.60. The van der Waals surface area contributed by atoms with Crippen molar-refractivity contribution in [2.45, 2.75) is 87.8 Å². The van der Waals surface area contributed by atoms with Crippen LogP contribution < -0.4 is 4.74 Å². The number of hydrogen-bond acceptors (Lipinski definition) is 10. The van der Waals surface area contributed by atoms with Crippen molar-refractivity contribution in [2.24, 2.45) is 0 Å². The third-order valence-corrected chi connectivity index (χ3v) is 8.60. The van der Waals surface area contributed by atoms with Crippen LogP contribution >= 0.6 is 0 Å². The fraction of sp³-hybridized carbons (Fsp3) is 0.500. The summed E-state index contributed by atoms with van der Waals surface area (Å²) in [7, 11) is 0. The predicted octanol–water partition coefficient (Wildman–Crippen LogP) is 6.42. The Balaban J connectivity index is 0.000000425. The lowest BCUT2D eigenvalue weighted by atomic mass is 9.82. The van der Waals surface area contributed by atoms with Gasteiger partial charge in [-0.25, -0.2) is 28.9 Å². The van der Waals surface area contributed by atoms with Crippen LogP contribution in [0.15, 0.2) is 37.1 Å². The summed E-state index contributed by atoms with van der Waals surface area (Å²) >= 11 is 0. The first-order valence-electron chi connectivity index (χ1n) is 16.2. The van der Waals surface area contributed by atoms with Crippen LogP contribution in [0.25, 0.3) is 22.3 Å². The lowest BCUT2D eigenvalue weighted by molar-refractivity contribution is -0.193. The number of nitriles is 1. The minimum Gasteiger partial charge on any atom is -0.475 e. The summed E-state index contributed by atoms with van der Waals surface area (Å²) in [6.45, 7) is 3.59. The van der Waals surface area contributed by atoms with Crippen LogP contribution in [0.1, 0.15) is 57.5 Å². The minimum atomic E-state index is -5.08. The monoisotopic (exact) mass is 811 g/mol. The van der Waals surface area contributed by atoms with E-state index in [4.69, 9.17) is 24.5 Å². The van der Waals surface area contributed by atoms with Gasteiger partial charge in [-0.2, -0.15) is 54.9 Å². The third kappa shape index (κ3) is 10.6. The Morgan fingerprint density at radius 2 is 1.55 bits per heavy atom. The van der Waals surface area contributed by atoms with Crippen molar-refractivity contribution < 1.29 is 68.4 Å². The number of fused-ring (bicyclic) bond motifs is 1. The topological polar surface area (TPSA) is 196 Å². The molecule has 1 aliphatic heterocycles. The van der Waals surface area contributed by atoms with E-state index in [0.717, 1.165) is 55.0 Å². The quantitative estimate of drug-likeness (QED) is 0.174. The minimum absolute atomic E-state index is 0.240. The Labute approximate surface area is 309 Å². The molecule has 304 valence electrons. The molecule has 1 saturated heterocycles. The molecule has 4 aromatic rings. The van der Waals surface area contributed by atoms with Gasteiger partial charge in [0.05, 0.1) is 30.1 Å². The van der Waals surface area contributed by atoms with Gasteiger partial charge in [0.15, 0.2) is 0 Å². The van der Waals surface area contributed by atoms with Crippen LogP contribution in [-0.4, -0.2) is 99.3 Å². The number of rotatable bonds is 7. The van der Waals surface area contributed by atoms with E-state index in [2.05, 4.69) is 41.0 Å². The number of carbonyl (C=O) groups is 2. The molecule has 6 rings (SSSR count). The van der Waals surface area contributed by atoms with Crippen LogP contribution in [-0.2, 0) is 27.0 Å². The van der Waals surface area contributed by atoms with Crippen LogP contribution in [0.2, 0.25) is 0 Å². The summed E-state index contributed by atoms with van der Waals surface area (Å²) in [5.74, 6) is -7.20. The molecule has 1 aliphatic carbocycles. The molecule has 2 aliphatic rings. The Morgan fingerprint density at radius 1 is 0.964 bits per heavy atom. The maximum atomic E-state index is 14.5. The van der Waals surface area contributed by atoms with E-state index in [9.17, 15) is 49.2 Å². The van der Waals surface area contributed by atoms with E-state index in [-0.39, 0.29) is 23.7 Å². The van der Waals surface area contributed by atoms with Crippen molar-refractivity contribution in [3.63, 3.8) is 0 Å². The average molecular weight is 812 g/mol. The zero-order valence-electron chi connectivity index (χ0n) is 29.0. The number of H-pyrrole nitrogens is 1. The SMILES string of the molecule is CC(C)(F)c1cc(OC2CCC(N3CC(CC#N)(n4cc(-c5ncnc6[nH]ccc56)cn4)C3)CC2)nc(C(F)(F)F)n1.O=C(O)C(F)(F)F.O=C(O)C(F)(F)F. The van der Waals surface area contributed by atoms with Gasteiger partial charge < -0.3 is 19.9 Å². The van der Waals surface area contributed by atoms with Gasteiger partial charge in [-0.1, -0.05) is 0 Å². The maximum Gasteiger partial charge on any atom is 0.490 e. The first-order valence-corrected chi connectivity index (χ1v) is 16.2. The molecule has 56 heavy (non-hydrogen) atoms. The molecular formula is C32H31F10N9O5. The molecule has 0 atom stereocenters. The molecule has 4 aromatic heterocycles. The normalized spacial score (nSPS) is 18.7. The van der Waals surface area contributed by atoms with Crippen molar-refractivity contribution in [1.29, 1.82) is 5.26 Å². The third-order valence-electron chi connectivity index (χ3n) is 8.60. The average Bonchev–Trinajstić information content (AvgIpc) is 3.76. The standard InChI is InChI=1S/C28H29F4N9O.2C2HF3O2/c1-26(2,29)21-11-22(39-25(38-21)28(30,31)32)42-19-5-3-18(4-6-19)40-14-27(15-40,8-9-33)41-13-17(12-37-41)23-20-7-10-34-24(20)36-16-35-23;2*3-2(4,5)1(6)7/h7,10-13,16,18-19H,3-6,8,14-15H2,1-2H3,(H,34,35,36);2*(H,6,7). The highest BCUT2D eigenvalue weighted by Crippen LogP contribution is 2.39. The van der Waals surface area contributed by atoms with Gasteiger partial charge >= 0.3 is 30.5 Å². The van der Waals surface area contributed by atoms with Crippen LogP contribution in [0.4, 0.5) is 43.9 Å². The van der Waals surface area contributed by atoms with Crippen molar-refractivity contribution in [2.75, 3.05) is 13.1 Å². The van der Waals surface area contributed by atoms with Crippen LogP contribution in [0.3, 0.4) is 0 Å². The summed E-state index contributed by atoms with van der Waals surface area (Å²) in [4.78, 5) is 38.8. The number of hydrogen-bond donors (Lipinski definition) is 3. The largest absolute Gasteiger partial charge is 0.490 e. The van der Waals surface area contributed by atoms with Gasteiger partial charge in [0.2, 0.25) is 11.7 Å². The highest BCUT2D eigenvalue weighted by atomic mass is 19.4. The number of carboxylic acid groups (broad SMARTS) is 2. The Kier molecular flexibility index (Phi) is 12.5. The van der Waals surface area contributed by atoms with E-state index in [1.165, 1.54) is 6.33 Å². The number of aromatic nitrogens is 7. The molecule has 0 unspecified atom stereocenters. The molecule has 0 amide bonds. The number of nitrogens with one attached hydrogen (secondary N) is 1. The number of aliphatic carboxylic acids is 2. The summed E-state index contributed by atoms with van der Waals surface area (Å²) in [6, 6.07) is 5.62. The van der Waals surface area contributed by atoms with E-state index >= 15 is 0 Å². The second kappa shape index (κ2) is 16.2. The second-order valence-electron chi connectivity index (χ2n) is 13.1. The number of halogens is 10. The molecule has 0 bridgehead atoms. The first kappa shape index (κ1) is 43.1. The summed E-state index contributed by atoms with van der Waals surface area (Å²) < 4.78 is 126. The molecule has 0 aromatic carbocycles. The summed E-state index contributed by atoms with van der Waals surface area (Å²) in [6.07, 6.45) is -5.28. The zero-order valence-corrected chi connectivity index (χ0v) is 29.0. The molecule has 1 saturated carbocycles. The van der Waals surface area contributed by atoms with Gasteiger partial charge in [-0.05, 0) is 45.6 Å². The predicted molar refractivity (Wildman–Crippen MR) is 170 cm³/mol. The number of nitrogens with zero attached hydrogens (tertiary/aromatic N) is 8. The highest BCUT2D eigenvalue weighted by Gasteiger charge is 2.48. The number of ether oxygens (including phenoxy) is 1. The van der Waals surface area contributed by atoms with Gasteiger partial charge in [-0.15, -0.1) is 0 Å². The molecule has 2 fully saturated rings. The molecular weight excluding hydrogens is 780 g/mol. The lowest BCUT2D eigenvalue weighted by Crippen LogP contribution is -2.65. The lowest BCUT2D eigenvalue weighted by Gasteiger charge is -2.53. The van der Waals surface area contributed by atoms with E-state index in [1.807, 2.05) is 23.1 Å². The fourth-order valence-corrected chi connectivity index (χ4v) is 5.88. The van der Waals surface area contributed by atoms with Gasteiger partial charge in [0, 0.05) is 48.5 Å². The van der Waals surface area contributed by atoms with E-state index < -0.39 is 47.5 Å². The second-order valence-corrected chi connectivity index (χ2v) is 13.1. The molecule has 3 N–H and O–H groups in total. The molecule has 5 heterocycles. The number of aromatic amines is 1. The molecule has 0 spiro atoms. The maximum absolute atomic E-state index is 14.5. The summed E-state index contributed by atoms with van der Waals surface area (Å²) in [5.41, 5.74) is -0.571. The highest BCUT2D eigenvalue weighted by molar-refractivity contribution is 5.90. The molecule has 14 nitrogen and oxygen atoms in total. The van der Waals surface area contributed by atoms with Gasteiger partial charge in [0.25, 0.3) is 0 Å². The van der Waals surface area contributed by atoms with Crippen molar-refractivity contribution in [1.82, 2.24) is 39.6 Å². The summed E-state index contributed by atoms with van der Waals surface area (Å²) in [5, 5.41) is 29.4. The smallest absolute Gasteiger partial charge is 0.475 e. The molecule has 0 radical (unpaired) electrons. The van der Waals surface area contributed by atoms with Crippen molar-refractivity contribution >= 4 is 23.0 Å². The van der Waals surface area contributed by atoms with Gasteiger partial charge in [-0.3, -0.25) is 9.58 Å². The first-order chi connectivity index (χ1) is 25.8. The Bertz CT molecular complexity index is 1980. The van der Waals surface area contributed by atoms with Crippen LogP contribution in [0.5, 0.6) is 5.88 Å². The molecule has 24 heteroatoms. The zero-order chi connectivity index (χ0) is 41.9. The van der Waals surface area contributed by atoms with Gasteiger partial charge in [0.1, 0.15) is 29.3 Å². The van der Waals surface area contributed by atoms with E-state index in [1.54, 1.807) is 6.20 Å².